The summed E-state index contributed by atoms with van der Waals surface area (Å²) >= 11 is 0. The smallest absolute Gasteiger partial charge is 0.342 e. The van der Waals surface area contributed by atoms with Gasteiger partial charge in [-0.05, 0) is 58.4 Å². The molecule has 3 rings (SSSR count). The molecule has 0 aliphatic rings. The van der Waals surface area contributed by atoms with Crippen LogP contribution in [0.15, 0.2) is 70.0 Å². The van der Waals surface area contributed by atoms with Crippen LogP contribution in [0.3, 0.4) is 0 Å². The summed E-state index contributed by atoms with van der Waals surface area (Å²) in [5.41, 5.74) is 1.07. The predicted molar refractivity (Wildman–Crippen MR) is 115 cm³/mol. The van der Waals surface area contributed by atoms with Gasteiger partial charge in [-0.1, -0.05) is 48.0 Å². The fourth-order valence-corrected chi connectivity index (χ4v) is 4.88. The molecule has 0 aliphatic heterocycles. The zero-order valence-corrected chi connectivity index (χ0v) is 18.6. The second-order valence-corrected chi connectivity index (χ2v) is 10.3. The lowest BCUT2D eigenvalue weighted by Gasteiger charge is -2.19. The number of hydrogen-bond acceptors (Lipinski definition) is 5. The highest BCUT2D eigenvalue weighted by atomic mass is 32.2. The summed E-state index contributed by atoms with van der Waals surface area (Å²) in [6, 6.07) is 17.0. The van der Waals surface area contributed by atoms with Gasteiger partial charge in [0.1, 0.15) is 27.9 Å². The molecule has 1 heterocycles. The maximum atomic E-state index is 13.6. The summed E-state index contributed by atoms with van der Waals surface area (Å²) in [6.07, 6.45) is 0. The van der Waals surface area contributed by atoms with Crippen molar-refractivity contribution in [1.29, 1.82) is 0 Å². The van der Waals surface area contributed by atoms with Gasteiger partial charge in [0.15, 0.2) is 9.84 Å². The molecule has 0 aliphatic carbocycles. The van der Waals surface area contributed by atoms with Crippen molar-refractivity contribution in [3.63, 3.8) is 0 Å². The van der Waals surface area contributed by atoms with Crippen LogP contribution in [0.2, 0.25) is 0 Å². The first-order valence-electron chi connectivity index (χ1n) is 9.68. The third-order valence-corrected chi connectivity index (χ3v) is 6.63. The number of sulfone groups is 1. The predicted octanol–water partition coefficient (Wildman–Crippen LogP) is 5.42. The maximum Gasteiger partial charge on any atom is 0.342 e. The summed E-state index contributed by atoms with van der Waals surface area (Å²) in [7, 11) is -3.83. The number of furan rings is 1. The highest BCUT2D eigenvalue weighted by Gasteiger charge is 2.35. The fraction of sp³-hybridized carbons (Fsp3) is 0.292. The molecule has 2 aromatic carbocycles. The number of hydrogen-bond donors (Lipinski definition) is 0. The van der Waals surface area contributed by atoms with Crippen LogP contribution in [0.5, 0.6) is 0 Å². The maximum absolute atomic E-state index is 13.6. The van der Waals surface area contributed by atoms with E-state index < -0.39 is 26.7 Å². The lowest BCUT2D eigenvalue weighted by molar-refractivity contribution is 0.00678. The molecule has 30 heavy (non-hydrogen) atoms. The molecule has 0 N–H and O–H groups in total. The first kappa shape index (κ1) is 21.8. The SMILES string of the molecule is Cc1ccc(S(=O)(=O)C(c2ccccc2)c2cc(C(=O)OC(C)(C)C)c(C)o2)cc1. The van der Waals surface area contributed by atoms with Crippen LogP contribution in [0.25, 0.3) is 0 Å². The minimum absolute atomic E-state index is 0.181. The van der Waals surface area contributed by atoms with Crippen molar-refractivity contribution < 1.29 is 22.4 Å². The number of esters is 1. The number of aryl methyl sites for hydroxylation is 2. The molecule has 0 fully saturated rings. The molecule has 0 radical (unpaired) electrons. The summed E-state index contributed by atoms with van der Waals surface area (Å²) in [5, 5.41) is -1.09. The van der Waals surface area contributed by atoms with Gasteiger partial charge in [-0.2, -0.15) is 0 Å². The zero-order chi connectivity index (χ0) is 22.1. The average Bonchev–Trinajstić information content (AvgIpc) is 3.02. The Morgan fingerprint density at radius 1 is 0.967 bits per heavy atom. The molecule has 5 nitrogen and oxygen atoms in total. The second kappa shape index (κ2) is 8.11. The number of ether oxygens (including phenoxy) is 1. The van der Waals surface area contributed by atoms with Crippen molar-refractivity contribution in [2.24, 2.45) is 0 Å². The summed E-state index contributed by atoms with van der Waals surface area (Å²) in [6.45, 7) is 8.85. The van der Waals surface area contributed by atoms with Gasteiger partial charge in [0, 0.05) is 0 Å². The van der Waals surface area contributed by atoms with Crippen LogP contribution in [0.4, 0.5) is 0 Å². The standard InChI is InChI=1S/C24H26O5S/c1-16-11-13-19(14-12-16)30(26,27)22(18-9-7-6-8-10-18)21-15-20(17(2)28-21)23(25)29-24(3,4)5/h6-15,22H,1-5H3. The normalized spacial score (nSPS) is 13.1. The second-order valence-electron chi connectivity index (χ2n) is 8.27. The third-order valence-electron chi connectivity index (χ3n) is 4.58. The van der Waals surface area contributed by atoms with Gasteiger partial charge in [0.25, 0.3) is 0 Å². The zero-order valence-electron chi connectivity index (χ0n) is 17.8. The Kier molecular flexibility index (Phi) is 5.90. The molecule has 0 bridgehead atoms. The summed E-state index contributed by atoms with van der Waals surface area (Å²) < 4.78 is 38.4. The van der Waals surface area contributed by atoms with Gasteiger partial charge in [-0.3, -0.25) is 0 Å². The van der Waals surface area contributed by atoms with Crippen LogP contribution in [0, 0.1) is 13.8 Å². The fourth-order valence-electron chi connectivity index (χ4n) is 3.16. The molecular formula is C24H26O5S. The molecule has 0 spiro atoms. The third kappa shape index (κ3) is 4.65. The van der Waals surface area contributed by atoms with Crippen molar-refractivity contribution >= 4 is 15.8 Å². The van der Waals surface area contributed by atoms with Crippen LogP contribution in [-0.2, 0) is 14.6 Å². The molecule has 158 valence electrons. The van der Waals surface area contributed by atoms with E-state index in [2.05, 4.69) is 0 Å². The number of carbonyl (C=O) groups excluding carboxylic acids is 1. The Balaban J connectivity index is 2.12. The molecule has 1 aromatic heterocycles. The number of carbonyl (C=O) groups is 1. The average molecular weight is 427 g/mol. The van der Waals surface area contributed by atoms with E-state index in [1.165, 1.54) is 6.07 Å². The first-order valence-corrected chi connectivity index (χ1v) is 11.2. The minimum atomic E-state index is -3.83. The van der Waals surface area contributed by atoms with E-state index in [1.54, 1.807) is 76.2 Å². The van der Waals surface area contributed by atoms with Crippen molar-refractivity contribution in [3.05, 3.63) is 88.9 Å². The Labute approximate surface area is 177 Å². The van der Waals surface area contributed by atoms with Crippen molar-refractivity contribution in [3.8, 4) is 0 Å². The molecular weight excluding hydrogens is 400 g/mol. The monoisotopic (exact) mass is 426 g/mol. The number of rotatable bonds is 5. The van der Waals surface area contributed by atoms with E-state index in [4.69, 9.17) is 9.15 Å². The molecule has 1 atom stereocenters. The van der Waals surface area contributed by atoms with E-state index in [-0.39, 0.29) is 16.2 Å². The highest BCUT2D eigenvalue weighted by molar-refractivity contribution is 7.91. The van der Waals surface area contributed by atoms with E-state index >= 15 is 0 Å². The largest absolute Gasteiger partial charge is 0.464 e. The van der Waals surface area contributed by atoms with Gasteiger partial charge in [-0.15, -0.1) is 0 Å². The van der Waals surface area contributed by atoms with Crippen molar-refractivity contribution in [1.82, 2.24) is 0 Å². The van der Waals surface area contributed by atoms with E-state index in [0.29, 0.717) is 11.3 Å². The summed E-state index contributed by atoms with van der Waals surface area (Å²) in [5.74, 6) is -0.0473. The molecule has 6 heteroatoms. The van der Waals surface area contributed by atoms with Crippen molar-refractivity contribution in [2.75, 3.05) is 0 Å². The van der Waals surface area contributed by atoms with E-state index in [1.807, 2.05) is 13.0 Å². The van der Waals surface area contributed by atoms with E-state index in [0.717, 1.165) is 5.56 Å². The molecule has 3 aromatic rings. The Morgan fingerprint density at radius 3 is 2.13 bits per heavy atom. The molecule has 0 saturated carbocycles. The van der Waals surface area contributed by atoms with Gasteiger partial charge in [0.05, 0.1) is 4.90 Å². The van der Waals surface area contributed by atoms with Crippen LogP contribution >= 0.6 is 0 Å². The quantitative estimate of drug-likeness (QED) is 0.510. The van der Waals surface area contributed by atoms with Crippen LogP contribution in [0.1, 0.15) is 59.0 Å². The molecule has 0 saturated heterocycles. The van der Waals surface area contributed by atoms with Gasteiger partial charge >= 0.3 is 5.97 Å². The molecule has 1 unspecified atom stereocenters. The number of benzene rings is 2. The minimum Gasteiger partial charge on any atom is -0.464 e. The van der Waals surface area contributed by atoms with Gasteiger partial charge in [-0.25, -0.2) is 13.2 Å². The van der Waals surface area contributed by atoms with Crippen molar-refractivity contribution in [2.45, 2.75) is 50.4 Å². The van der Waals surface area contributed by atoms with E-state index in [9.17, 15) is 13.2 Å². The van der Waals surface area contributed by atoms with Crippen LogP contribution in [-0.4, -0.2) is 20.0 Å². The highest BCUT2D eigenvalue weighted by Crippen LogP contribution is 2.37. The molecule has 0 amide bonds. The van der Waals surface area contributed by atoms with Gasteiger partial charge < -0.3 is 9.15 Å². The lowest BCUT2D eigenvalue weighted by atomic mass is 10.1. The Hall–Kier alpha value is -2.86. The van der Waals surface area contributed by atoms with Crippen LogP contribution < -0.4 is 0 Å². The Morgan fingerprint density at radius 2 is 1.57 bits per heavy atom. The summed E-state index contributed by atoms with van der Waals surface area (Å²) in [4.78, 5) is 12.8. The topological polar surface area (TPSA) is 73.6 Å². The lowest BCUT2D eigenvalue weighted by Crippen LogP contribution is -2.24. The Bertz CT molecular complexity index is 1130. The van der Waals surface area contributed by atoms with Gasteiger partial charge in [0.2, 0.25) is 0 Å². The first-order chi connectivity index (χ1) is 14.0.